The quantitative estimate of drug-likeness (QED) is 0.787. The van der Waals surface area contributed by atoms with E-state index in [2.05, 4.69) is 10.2 Å². The van der Waals surface area contributed by atoms with Gasteiger partial charge in [0.05, 0.1) is 12.3 Å². The van der Waals surface area contributed by atoms with Gasteiger partial charge in [-0.3, -0.25) is 5.10 Å². The highest BCUT2D eigenvalue weighted by Gasteiger charge is 2.37. The van der Waals surface area contributed by atoms with Crippen LogP contribution < -0.4 is 0 Å². The smallest absolute Gasteiger partial charge is 0.246 e. The number of H-pyrrole nitrogens is 1. The lowest BCUT2D eigenvalue weighted by Crippen LogP contribution is -2.35. The van der Waals surface area contributed by atoms with Gasteiger partial charge in [-0.2, -0.15) is 9.40 Å². The van der Waals surface area contributed by atoms with Crippen LogP contribution in [0.5, 0.6) is 0 Å². The van der Waals surface area contributed by atoms with Crippen molar-refractivity contribution in [3.63, 3.8) is 0 Å². The number of hydrogen-bond donors (Lipinski definition) is 2. The number of nitrogens with zero attached hydrogens (tertiary/aromatic N) is 2. The Balaban J connectivity index is 1.91. The number of aromatic amines is 1. The van der Waals surface area contributed by atoms with Gasteiger partial charge in [0.25, 0.3) is 0 Å². The lowest BCUT2D eigenvalue weighted by atomic mass is 10.4. The van der Waals surface area contributed by atoms with Crippen LogP contribution in [0.2, 0.25) is 0 Å². The third-order valence-corrected chi connectivity index (χ3v) is 6.06. The van der Waals surface area contributed by atoms with Gasteiger partial charge < -0.3 is 5.11 Å². The molecule has 3 rings (SSSR count). The van der Waals surface area contributed by atoms with Crippen LogP contribution in [0.15, 0.2) is 4.90 Å². The predicted octanol–water partition coefficient (Wildman–Crippen LogP) is 1.02. The van der Waals surface area contributed by atoms with E-state index in [9.17, 15) is 13.5 Å². The van der Waals surface area contributed by atoms with Crippen LogP contribution in [0.25, 0.3) is 0 Å². The summed E-state index contributed by atoms with van der Waals surface area (Å²) in [4.78, 5) is 0.168. The molecule has 2 aliphatic carbocycles. The summed E-state index contributed by atoms with van der Waals surface area (Å²) in [5.41, 5.74) is 0.727. The minimum atomic E-state index is -3.56. The van der Waals surface area contributed by atoms with Crippen molar-refractivity contribution < 1.29 is 13.5 Å². The van der Waals surface area contributed by atoms with Gasteiger partial charge in [-0.15, -0.1) is 0 Å². The Bertz CT molecular complexity index is 574. The fourth-order valence-corrected chi connectivity index (χ4v) is 4.41. The number of aliphatic hydroxyl groups excluding tert-OH is 1. The number of aromatic nitrogens is 2. The molecule has 0 aliphatic heterocycles. The van der Waals surface area contributed by atoms with E-state index in [0.29, 0.717) is 30.6 Å². The van der Waals surface area contributed by atoms with Crippen LogP contribution in [0.3, 0.4) is 0 Å². The van der Waals surface area contributed by atoms with Gasteiger partial charge in [0.2, 0.25) is 10.0 Å². The van der Waals surface area contributed by atoms with Crippen molar-refractivity contribution in [2.75, 3.05) is 13.1 Å². The maximum atomic E-state index is 12.9. The lowest BCUT2D eigenvalue weighted by Gasteiger charge is -2.22. The van der Waals surface area contributed by atoms with E-state index >= 15 is 0 Å². The molecule has 0 bridgehead atoms. The molecule has 1 heterocycles. The summed E-state index contributed by atoms with van der Waals surface area (Å²) in [6, 6.07) is 0. The molecule has 6 nitrogen and oxygen atoms in total. The third-order valence-electron chi connectivity index (χ3n) is 4.03. The summed E-state index contributed by atoms with van der Waals surface area (Å²) in [7, 11) is -3.56. The normalized spacial score (nSPS) is 19.8. The molecule has 0 aromatic carbocycles. The second-order valence-corrected chi connectivity index (χ2v) is 7.87. The van der Waals surface area contributed by atoms with Crippen molar-refractivity contribution in [3.05, 3.63) is 11.4 Å². The predicted molar refractivity (Wildman–Crippen MR) is 73.5 cm³/mol. The first-order valence-corrected chi connectivity index (χ1v) is 8.61. The Labute approximate surface area is 119 Å². The highest BCUT2D eigenvalue weighted by Crippen LogP contribution is 2.36. The first kappa shape index (κ1) is 14.0. The standard InChI is InChI=1S/C13H21N3O3S/c1-9-13(12(8-17)15-14-9)20(18,19)16(6-10-2-3-10)7-11-4-5-11/h10-11,17H,2-8H2,1H3,(H,14,15). The summed E-state index contributed by atoms with van der Waals surface area (Å²) in [5, 5.41) is 15.9. The zero-order chi connectivity index (χ0) is 14.3. The molecule has 2 N–H and O–H groups in total. The van der Waals surface area contributed by atoms with E-state index in [0.717, 1.165) is 25.7 Å². The van der Waals surface area contributed by atoms with Gasteiger partial charge in [-0.1, -0.05) is 0 Å². The molecule has 2 fully saturated rings. The number of aryl methyl sites for hydroxylation is 1. The second-order valence-electron chi connectivity index (χ2n) is 5.99. The minimum Gasteiger partial charge on any atom is -0.390 e. The Morgan fingerprint density at radius 2 is 1.80 bits per heavy atom. The van der Waals surface area contributed by atoms with Crippen LogP contribution in [0, 0.1) is 18.8 Å². The van der Waals surface area contributed by atoms with Gasteiger partial charge in [-0.25, -0.2) is 8.42 Å². The molecule has 0 amide bonds. The largest absolute Gasteiger partial charge is 0.390 e. The average Bonchev–Trinajstić information content (AvgIpc) is 3.30. The summed E-state index contributed by atoms with van der Waals surface area (Å²) in [5.74, 6) is 1.02. The minimum absolute atomic E-state index is 0.168. The Morgan fingerprint density at radius 3 is 2.25 bits per heavy atom. The number of rotatable bonds is 7. The molecule has 0 saturated heterocycles. The van der Waals surface area contributed by atoms with Gasteiger partial charge in [0, 0.05) is 13.1 Å². The van der Waals surface area contributed by atoms with E-state index in [1.807, 2.05) is 0 Å². The highest BCUT2D eigenvalue weighted by molar-refractivity contribution is 7.89. The van der Waals surface area contributed by atoms with E-state index in [4.69, 9.17) is 0 Å². The molecule has 0 atom stereocenters. The molecule has 1 aromatic rings. The molecule has 0 spiro atoms. The number of hydrogen-bond acceptors (Lipinski definition) is 4. The van der Waals surface area contributed by atoms with Crippen molar-refractivity contribution in [3.8, 4) is 0 Å². The fraction of sp³-hybridized carbons (Fsp3) is 0.769. The zero-order valence-corrected chi connectivity index (χ0v) is 12.5. The lowest BCUT2D eigenvalue weighted by molar-refractivity contribution is 0.272. The van der Waals surface area contributed by atoms with Gasteiger partial charge in [0.15, 0.2) is 0 Å². The monoisotopic (exact) mass is 299 g/mol. The van der Waals surface area contributed by atoms with Crippen molar-refractivity contribution in [1.29, 1.82) is 0 Å². The maximum absolute atomic E-state index is 12.9. The third kappa shape index (κ3) is 2.75. The highest BCUT2D eigenvalue weighted by atomic mass is 32.2. The topological polar surface area (TPSA) is 86.3 Å². The Kier molecular flexibility index (Phi) is 3.60. The molecule has 2 saturated carbocycles. The maximum Gasteiger partial charge on any atom is 0.246 e. The van der Waals surface area contributed by atoms with Crippen molar-refractivity contribution >= 4 is 10.0 Å². The molecule has 1 aromatic heterocycles. The fourth-order valence-electron chi connectivity index (χ4n) is 2.50. The Morgan fingerprint density at radius 1 is 1.25 bits per heavy atom. The van der Waals surface area contributed by atoms with E-state index in [1.165, 1.54) is 0 Å². The number of aliphatic hydroxyl groups is 1. The Hall–Kier alpha value is -0.920. The number of sulfonamides is 1. The van der Waals surface area contributed by atoms with Crippen LogP contribution in [-0.4, -0.2) is 41.1 Å². The van der Waals surface area contributed by atoms with Crippen LogP contribution in [-0.2, 0) is 16.6 Å². The van der Waals surface area contributed by atoms with Crippen LogP contribution in [0.4, 0.5) is 0 Å². The SMILES string of the molecule is Cc1[nH]nc(CO)c1S(=O)(=O)N(CC1CC1)CC1CC1. The second kappa shape index (κ2) is 5.13. The van der Waals surface area contributed by atoms with Crippen molar-refractivity contribution in [1.82, 2.24) is 14.5 Å². The van der Waals surface area contributed by atoms with Gasteiger partial charge >= 0.3 is 0 Å². The summed E-state index contributed by atoms with van der Waals surface area (Å²) < 4.78 is 27.4. The molecule has 0 unspecified atom stereocenters. The zero-order valence-electron chi connectivity index (χ0n) is 11.7. The first-order valence-electron chi connectivity index (χ1n) is 7.17. The van der Waals surface area contributed by atoms with E-state index in [-0.39, 0.29) is 17.2 Å². The summed E-state index contributed by atoms with van der Waals surface area (Å²) >= 11 is 0. The summed E-state index contributed by atoms with van der Waals surface area (Å²) in [6.45, 7) is 2.54. The van der Waals surface area contributed by atoms with E-state index in [1.54, 1.807) is 11.2 Å². The van der Waals surface area contributed by atoms with Crippen molar-refractivity contribution in [2.45, 2.75) is 44.1 Å². The van der Waals surface area contributed by atoms with Gasteiger partial charge in [0.1, 0.15) is 10.6 Å². The molecule has 7 heteroatoms. The molecule has 20 heavy (non-hydrogen) atoms. The van der Waals surface area contributed by atoms with Gasteiger partial charge in [-0.05, 0) is 44.4 Å². The number of nitrogens with one attached hydrogen (secondary N) is 1. The first-order chi connectivity index (χ1) is 9.52. The molecular weight excluding hydrogens is 278 g/mol. The average molecular weight is 299 g/mol. The van der Waals surface area contributed by atoms with Crippen LogP contribution >= 0.6 is 0 Å². The molecule has 2 aliphatic rings. The van der Waals surface area contributed by atoms with E-state index < -0.39 is 10.0 Å². The van der Waals surface area contributed by atoms with Crippen molar-refractivity contribution in [2.24, 2.45) is 11.8 Å². The summed E-state index contributed by atoms with van der Waals surface area (Å²) in [6.07, 6.45) is 4.48. The van der Waals surface area contributed by atoms with Crippen LogP contribution in [0.1, 0.15) is 37.1 Å². The molecule has 0 radical (unpaired) electrons. The molecule has 112 valence electrons. The molecular formula is C13H21N3O3S.